The lowest BCUT2D eigenvalue weighted by Gasteiger charge is -2.02. The van der Waals surface area contributed by atoms with Crippen LogP contribution in [0.3, 0.4) is 0 Å². The predicted octanol–water partition coefficient (Wildman–Crippen LogP) is 0.365. The van der Waals surface area contributed by atoms with Gasteiger partial charge in [-0.1, -0.05) is 5.16 Å². The number of hydrogen-bond acceptors (Lipinski definition) is 3. The highest BCUT2D eigenvalue weighted by molar-refractivity contribution is 5.62. The minimum Gasteiger partial charge on any atom is -0.363 e. The molecule has 1 saturated heterocycles. The Balaban J connectivity index is 2.13. The van der Waals surface area contributed by atoms with Crippen molar-refractivity contribution in [3.8, 4) is 0 Å². The normalized spacial score (nSPS) is 42.0. The summed E-state index contributed by atoms with van der Waals surface area (Å²) in [5, 5.41) is 3.62. The molecule has 2 heterocycles. The Hall–Kier alpha value is -0.570. The number of fused-ring (bicyclic) bond motifs is 1. The van der Waals surface area contributed by atoms with Gasteiger partial charge in [0.15, 0.2) is 0 Å². The van der Waals surface area contributed by atoms with E-state index in [1.807, 2.05) is 6.21 Å². The molecule has 0 aromatic carbocycles. The Bertz CT molecular complexity index is 124. The molecule has 2 aliphatic heterocycles. The quantitative estimate of drug-likeness (QED) is 0.454. The maximum atomic E-state index is 5.13. The summed E-state index contributed by atoms with van der Waals surface area (Å²) in [4.78, 5) is 4.82. The van der Waals surface area contributed by atoms with Gasteiger partial charge in [0.25, 0.3) is 0 Å². The van der Waals surface area contributed by atoms with Gasteiger partial charge in [0.2, 0.25) is 6.29 Å². The zero-order valence-corrected chi connectivity index (χ0v) is 4.41. The molecule has 0 aromatic rings. The van der Waals surface area contributed by atoms with Crippen molar-refractivity contribution < 1.29 is 9.57 Å². The van der Waals surface area contributed by atoms with Gasteiger partial charge >= 0.3 is 0 Å². The lowest BCUT2D eigenvalue weighted by atomic mass is 10.1. The average molecular weight is 113 g/mol. The first-order chi connectivity index (χ1) is 3.97. The second-order valence-electron chi connectivity index (χ2n) is 2.05. The lowest BCUT2D eigenvalue weighted by molar-refractivity contribution is -0.105. The first-order valence-electron chi connectivity index (χ1n) is 2.78. The van der Waals surface area contributed by atoms with Gasteiger partial charge in [0.05, 0.1) is 18.7 Å². The molecule has 0 aliphatic carbocycles. The Morgan fingerprint density at radius 3 is 3.50 bits per heavy atom. The van der Waals surface area contributed by atoms with E-state index in [4.69, 9.17) is 9.57 Å². The molecule has 2 atom stereocenters. The molecule has 0 N–H and O–H groups in total. The molecule has 0 amide bonds. The van der Waals surface area contributed by atoms with E-state index in [2.05, 4.69) is 5.16 Å². The smallest absolute Gasteiger partial charge is 0.234 e. The maximum absolute atomic E-state index is 5.13. The SMILES string of the molecule is C1=NO[C@H]2OCC[C@@H]12. The summed E-state index contributed by atoms with van der Waals surface area (Å²) in [6.07, 6.45) is 2.83. The number of rotatable bonds is 0. The molecule has 44 valence electrons. The molecular formula is C5H7NO2. The lowest BCUT2D eigenvalue weighted by Crippen LogP contribution is -2.11. The Kier molecular flexibility index (Phi) is 0.784. The molecule has 0 bridgehead atoms. The van der Waals surface area contributed by atoms with Gasteiger partial charge in [-0.05, 0) is 6.42 Å². The van der Waals surface area contributed by atoms with Crippen molar-refractivity contribution >= 4 is 6.21 Å². The van der Waals surface area contributed by atoms with Crippen LogP contribution >= 0.6 is 0 Å². The van der Waals surface area contributed by atoms with E-state index in [0.29, 0.717) is 5.92 Å². The third-order valence-electron chi connectivity index (χ3n) is 1.50. The van der Waals surface area contributed by atoms with E-state index in [-0.39, 0.29) is 6.29 Å². The first kappa shape index (κ1) is 4.32. The summed E-state index contributed by atoms with van der Waals surface area (Å²) in [5.74, 6) is 0.440. The second-order valence-corrected chi connectivity index (χ2v) is 2.05. The number of nitrogens with zero attached hydrogens (tertiary/aromatic N) is 1. The van der Waals surface area contributed by atoms with E-state index in [9.17, 15) is 0 Å². The minimum atomic E-state index is -0.0463. The van der Waals surface area contributed by atoms with Gasteiger partial charge in [-0.15, -0.1) is 0 Å². The van der Waals surface area contributed by atoms with E-state index < -0.39 is 0 Å². The molecule has 3 nitrogen and oxygen atoms in total. The topological polar surface area (TPSA) is 30.8 Å². The summed E-state index contributed by atoms with van der Waals surface area (Å²) in [6.45, 7) is 0.821. The van der Waals surface area contributed by atoms with Crippen molar-refractivity contribution in [2.24, 2.45) is 11.1 Å². The second kappa shape index (κ2) is 1.45. The fraction of sp³-hybridized carbons (Fsp3) is 0.800. The van der Waals surface area contributed by atoms with Gasteiger partial charge in [-0.2, -0.15) is 0 Å². The molecule has 0 aromatic heterocycles. The summed E-state index contributed by atoms with van der Waals surface area (Å²) < 4.78 is 5.13. The summed E-state index contributed by atoms with van der Waals surface area (Å²) in [7, 11) is 0. The van der Waals surface area contributed by atoms with E-state index in [0.717, 1.165) is 13.0 Å². The van der Waals surface area contributed by atoms with Crippen LogP contribution in [0.15, 0.2) is 5.16 Å². The van der Waals surface area contributed by atoms with Crippen LogP contribution in [0.4, 0.5) is 0 Å². The largest absolute Gasteiger partial charge is 0.363 e. The van der Waals surface area contributed by atoms with Crippen molar-refractivity contribution in [1.82, 2.24) is 0 Å². The van der Waals surface area contributed by atoms with Crippen LogP contribution in [-0.4, -0.2) is 19.1 Å². The Morgan fingerprint density at radius 1 is 1.62 bits per heavy atom. The first-order valence-corrected chi connectivity index (χ1v) is 2.78. The molecule has 0 spiro atoms. The van der Waals surface area contributed by atoms with Gasteiger partial charge in [0, 0.05) is 0 Å². The highest BCUT2D eigenvalue weighted by Crippen LogP contribution is 2.23. The van der Waals surface area contributed by atoms with Crippen molar-refractivity contribution in [3.63, 3.8) is 0 Å². The van der Waals surface area contributed by atoms with Gasteiger partial charge < -0.3 is 9.57 Å². The van der Waals surface area contributed by atoms with Crippen LogP contribution in [0.5, 0.6) is 0 Å². The number of ether oxygens (including phenoxy) is 1. The molecular weight excluding hydrogens is 106 g/mol. The van der Waals surface area contributed by atoms with Gasteiger partial charge in [0.1, 0.15) is 0 Å². The van der Waals surface area contributed by atoms with Crippen LogP contribution in [0, 0.1) is 5.92 Å². The maximum Gasteiger partial charge on any atom is 0.234 e. The fourth-order valence-corrected chi connectivity index (χ4v) is 1.01. The van der Waals surface area contributed by atoms with E-state index in [1.165, 1.54) is 0 Å². The molecule has 2 aliphatic rings. The van der Waals surface area contributed by atoms with Gasteiger partial charge in [-0.3, -0.25) is 0 Å². The van der Waals surface area contributed by atoms with E-state index >= 15 is 0 Å². The summed E-state index contributed by atoms with van der Waals surface area (Å²) >= 11 is 0. The van der Waals surface area contributed by atoms with Crippen LogP contribution in [0.2, 0.25) is 0 Å². The molecule has 2 rings (SSSR count). The number of hydrogen-bond donors (Lipinski definition) is 0. The molecule has 0 unspecified atom stereocenters. The van der Waals surface area contributed by atoms with Gasteiger partial charge in [-0.25, -0.2) is 0 Å². The zero-order valence-electron chi connectivity index (χ0n) is 4.41. The Morgan fingerprint density at radius 2 is 2.62 bits per heavy atom. The average Bonchev–Trinajstić information content (AvgIpc) is 2.15. The fourth-order valence-electron chi connectivity index (χ4n) is 1.01. The van der Waals surface area contributed by atoms with Crippen LogP contribution in [0.1, 0.15) is 6.42 Å². The third kappa shape index (κ3) is 0.448. The molecule has 0 radical (unpaired) electrons. The minimum absolute atomic E-state index is 0.0463. The van der Waals surface area contributed by atoms with Crippen molar-refractivity contribution in [2.45, 2.75) is 12.7 Å². The third-order valence-corrected chi connectivity index (χ3v) is 1.50. The molecule has 8 heavy (non-hydrogen) atoms. The molecule has 1 fully saturated rings. The summed E-state index contributed by atoms with van der Waals surface area (Å²) in [5.41, 5.74) is 0. The van der Waals surface area contributed by atoms with Crippen LogP contribution in [0.25, 0.3) is 0 Å². The summed E-state index contributed by atoms with van der Waals surface area (Å²) in [6, 6.07) is 0. The predicted molar refractivity (Wildman–Crippen MR) is 27.4 cm³/mol. The van der Waals surface area contributed by atoms with Crippen molar-refractivity contribution in [2.75, 3.05) is 6.61 Å². The molecule has 0 saturated carbocycles. The van der Waals surface area contributed by atoms with Crippen molar-refractivity contribution in [3.05, 3.63) is 0 Å². The van der Waals surface area contributed by atoms with Crippen LogP contribution < -0.4 is 0 Å². The van der Waals surface area contributed by atoms with E-state index in [1.54, 1.807) is 0 Å². The monoisotopic (exact) mass is 113 g/mol. The van der Waals surface area contributed by atoms with Crippen LogP contribution in [-0.2, 0) is 9.57 Å². The Labute approximate surface area is 47.3 Å². The zero-order chi connectivity index (χ0) is 5.40. The highest BCUT2D eigenvalue weighted by atomic mass is 16.8. The molecule has 3 heteroatoms. The standard InChI is InChI=1S/C5H7NO2/c1-2-7-5-4(1)3-6-8-5/h3-5H,1-2H2/t4-,5+/m0/s1. The van der Waals surface area contributed by atoms with Crippen molar-refractivity contribution in [1.29, 1.82) is 0 Å². The highest BCUT2D eigenvalue weighted by Gasteiger charge is 2.32. The number of oxime groups is 1.